The first-order chi connectivity index (χ1) is 18.0. The van der Waals surface area contributed by atoms with E-state index in [9.17, 15) is 14.4 Å². The lowest BCUT2D eigenvalue weighted by molar-refractivity contribution is 0.0654. The summed E-state index contributed by atoms with van der Waals surface area (Å²) in [6, 6.07) is 16.9. The molecule has 0 N–H and O–H groups in total. The van der Waals surface area contributed by atoms with Crippen LogP contribution in [-0.2, 0) is 6.42 Å². The van der Waals surface area contributed by atoms with Crippen molar-refractivity contribution in [2.24, 2.45) is 0 Å². The number of hydrogen-bond acceptors (Lipinski definition) is 7. The van der Waals surface area contributed by atoms with Crippen LogP contribution in [0.3, 0.4) is 0 Å². The van der Waals surface area contributed by atoms with Crippen LogP contribution in [0.4, 0.5) is 0 Å². The van der Waals surface area contributed by atoms with Gasteiger partial charge in [0.2, 0.25) is 5.75 Å². The van der Waals surface area contributed by atoms with Gasteiger partial charge in [0.05, 0.1) is 36.5 Å². The van der Waals surface area contributed by atoms with Gasteiger partial charge in [-0.3, -0.25) is 14.5 Å². The Morgan fingerprint density at radius 2 is 1.30 bits per heavy atom. The molecule has 0 radical (unpaired) electrons. The van der Waals surface area contributed by atoms with Crippen molar-refractivity contribution in [2.75, 3.05) is 26.4 Å². The number of hydrogen-bond donors (Lipinski definition) is 0. The summed E-state index contributed by atoms with van der Waals surface area (Å²) in [5, 5.41) is 0. The van der Waals surface area contributed by atoms with Gasteiger partial charge in [-0.2, -0.15) is 0 Å². The molecule has 0 saturated carbocycles. The van der Waals surface area contributed by atoms with E-state index in [0.717, 1.165) is 5.56 Å². The summed E-state index contributed by atoms with van der Waals surface area (Å²) in [7, 11) is 0. The van der Waals surface area contributed by atoms with Crippen molar-refractivity contribution >= 4 is 17.8 Å². The van der Waals surface area contributed by atoms with E-state index in [1.807, 2.05) is 20.8 Å². The molecule has 8 nitrogen and oxygen atoms in total. The molecule has 0 bridgehead atoms. The summed E-state index contributed by atoms with van der Waals surface area (Å²) < 4.78 is 22.6. The molecule has 192 valence electrons. The Morgan fingerprint density at radius 3 is 1.81 bits per heavy atom. The molecule has 0 fully saturated rings. The Bertz CT molecular complexity index is 1240. The number of rotatable bonds is 11. The smallest absolute Gasteiger partial charge is 0.343 e. The van der Waals surface area contributed by atoms with Gasteiger partial charge in [-0.15, -0.1) is 0 Å². The van der Waals surface area contributed by atoms with Crippen LogP contribution < -0.4 is 18.9 Å². The Labute approximate surface area is 215 Å². The predicted octanol–water partition coefficient (Wildman–Crippen LogP) is 4.94. The first kappa shape index (κ1) is 25.8. The van der Waals surface area contributed by atoms with E-state index in [1.165, 1.54) is 4.90 Å². The van der Waals surface area contributed by atoms with E-state index in [4.69, 9.17) is 18.9 Å². The Hall–Kier alpha value is -4.33. The highest BCUT2D eigenvalue weighted by Gasteiger charge is 2.34. The average molecular weight is 504 g/mol. The zero-order valence-corrected chi connectivity index (χ0v) is 21.1. The maximum Gasteiger partial charge on any atom is 0.343 e. The molecule has 0 atom stereocenters. The molecule has 0 aliphatic carbocycles. The lowest BCUT2D eigenvalue weighted by atomic mass is 10.1. The van der Waals surface area contributed by atoms with Crippen molar-refractivity contribution in [3.05, 3.63) is 82.9 Å². The third kappa shape index (κ3) is 5.58. The minimum atomic E-state index is -0.566. The number of fused-ring (bicyclic) bond motifs is 1. The number of amides is 2. The lowest BCUT2D eigenvalue weighted by Crippen LogP contribution is -2.31. The molecule has 37 heavy (non-hydrogen) atoms. The van der Waals surface area contributed by atoms with E-state index in [1.54, 1.807) is 60.7 Å². The highest BCUT2D eigenvalue weighted by atomic mass is 16.5. The van der Waals surface area contributed by atoms with Crippen molar-refractivity contribution in [1.82, 2.24) is 4.90 Å². The molecular formula is C29H29NO7. The van der Waals surface area contributed by atoms with Crippen molar-refractivity contribution < 1.29 is 33.3 Å². The number of carbonyl (C=O) groups is 3. The molecular weight excluding hydrogens is 474 g/mol. The summed E-state index contributed by atoms with van der Waals surface area (Å²) in [5.41, 5.74) is 2.04. The third-order valence-corrected chi connectivity index (χ3v) is 5.78. The second kappa shape index (κ2) is 11.6. The van der Waals surface area contributed by atoms with Gasteiger partial charge >= 0.3 is 5.97 Å². The normalized spacial score (nSPS) is 12.4. The molecule has 0 unspecified atom stereocenters. The number of esters is 1. The van der Waals surface area contributed by atoms with Crippen LogP contribution in [0.1, 0.15) is 57.4 Å². The van der Waals surface area contributed by atoms with Crippen molar-refractivity contribution in [3.8, 4) is 23.0 Å². The van der Waals surface area contributed by atoms with Gasteiger partial charge in [0.15, 0.2) is 11.5 Å². The minimum Gasteiger partial charge on any atom is -0.490 e. The molecule has 4 rings (SSSR count). The summed E-state index contributed by atoms with van der Waals surface area (Å²) in [6.45, 7) is 7.02. The van der Waals surface area contributed by atoms with Crippen LogP contribution in [0.5, 0.6) is 23.0 Å². The topological polar surface area (TPSA) is 91.4 Å². The fourth-order valence-corrected chi connectivity index (χ4v) is 4.08. The van der Waals surface area contributed by atoms with Gasteiger partial charge in [0.25, 0.3) is 11.8 Å². The van der Waals surface area contributed by atoms with E-state index >= 15 is 0 Å². The SMILES string of the molecule is CCOc1cc(C(=O)Oc2ccc(CCN3C(=O)c4ccccc4C3=O)cc2)cc(OCC)c1OCC. The molecule has 0 saturated heterocycles. The monoisotopic (exact) mass is 503 g/mol. The van der Waals surface area contributed by atoms with Crippen LogP contribution in [-0.4, -0.2) is 49.0 Å². The fraction of sp³-hybridized carbons (Fsp3) is 0.276. The summed E-state index contributed by atoms with van der Waals surface area (Å²) in [5.74, 6) is 0.503. The molecule has 3 aromatic rings. The van der Waals surface area contributed by atoms with Gasteiger partial charge < -0.3 is 18.9 Å². The van der Waals surface area contributed by atoms with Crippen molar-refractivity contribution in [2.45, 2.75) is 27.2 Å². The molecule has 3 aromatic carbocycles. The Morgan fingerprint density at radius 1 is 0.757 bits per heavy atom. The standard InChI is InChI=1S/C29H29NO7/c1-4-34-24-17-20(18-25(35-5-2)26(24)36-6-3)29(33)37-21-13-11-19(12-14-21)15-16-30-27(31)22-9-7-8-10-23(22)28(30)32/h7-14,17-18H,4-6,15-16H2,1-3H3. The van der Waals surface area contributed by atoms with Crippen LogP contribution >= 0.6 is 0 Å². The molecule has 1 heterocycles. The molecule has 8 heteroatoms. The highest BCUT2D eigenvalue weighted by molar-refractivity contribution is 6.21. The summed E-state index contributed by atoms with van der Waals surface area (Å²) in [6.07, 6.45) is 0.480. The first-order valence-corrected chi connectivity index (χ1v) is 12.3. The van der Waals surface area contributed by atoms with E-state index < -0.39 is 5.97 Å². The summed E-state index contributed by atoms with van der Waals surface area (Å²) in [4.78, 5) is 39.3. The third-order valence-electron chi connectivity index (χ3n) is 5.78. The first-order valence-electron chi connectivity index (χ1n) is 12.3. The number of imide groups is 1. The maximum atomic E-state index is 12.9. The molecule has 0 aromatic heterocycles. The predicted molar refractivity (Wildman–Crippen MR) is 137 cm³/mol. The number of nitrogens with zero attached hydrogens (tertiary/aromatic N) is 1. The largest absolute Gasteiger partial charge is 0.490 e. The second-order valence-corrected chi connectivity index (χ2v) is 8.19. The van der Waals surface area contributed by atoms with Gasteiger partial charge in [-0.05, 0) is 69.2 Å². The fourth-order valence-electron chi connectivity index (χ4n) is 4.08. The summed E-state index contributed by atoms with van der Waals surface area (Å²) >= 11 is 0. The minimum absolute atomic E-state index is 0.262. The molecule has 1 aliphatic rings. The van der Waals surface area contributed by atoms with Crippen LogP contribution in [0, 0.1) is 0 Å². The quantitative estimate of drug-likeness (QED) is 0.208. The van der Waals surface area contributed by atoms with E-state index in [2.05, 4.69) is 0 Å². The van der Waals surface area contributed by atoms with Gasteiger partial charge in [0, 0.05) is 6.54 Å². The van der Waals surface area contributed by atoms with E-state index in [0.29, 0.717) is 60.4 Å². The van der Waals surface area contributed by atoms with Crippen LogP contribution in [0.2, 0.25) is 0 Å². The van der Waals surface area contributed by atoms with Gasteiger partial charge in [-0.25, -0.2) is 4.79 Å². The number of ether oxygens (including phenoxy) is 4. The maximum absolute atomic E-state index is 12.9. The van der Waals surface area contributed by atoms with Crippen molar-refractivity contribution in [3.63, 3.8) is 0 Å². The van der Waals surface area contributed by atoms with Crippen LogP contribution in [0.25, 0.3) is 0 Å². The highest BCUT2D eigenvalue weighted by Crippen LogP contribution is 2.39. The Kier molecular flexibility index (Phi) is 8.08. The molecule has 2 amide bonds. The number of benzene rings is 3. The molecule has 0 spiro atoms. The zero-order chi connectivity index (χ0) is 26.4. The van der Waals surface area contributed by atoms with Gasteiger partial charge in [-0.1, -0.05) is 24.3 Å². The van der Waals surface area contributed by atoms with E-state index in [-0.39, 0.29) is 23.9 Å². The average Bonchev–Trinajstić information content (AvgIpc) is 3.15. The number of carbonyl (C=O) groups excluding carboxylic acids is 3. The second-order valence-electron chi connectivity index (χ2n) is 8.19. The lowest BCUT2D eigenvalue weighted by Gasteiger charge is -2.17. The molecule has 1 aliphatic heterocycles. The van der Waals surface area contributed by atoms with Crippen LogP contribution in [0.15, 0.2) is 60.7 Å². The van der Waals surface area contributed by atoms with Gasteiger partial charge in [0.1, 0.15) is 5.75 Å². The van der Waals surface area contributed by atoms with Crippen molar-refractivity contribution in [1.29, 1.82) is 0 Å². The Balaban J connectivity index is 1.42. The zero-order valence-electron chi connectivity index (χ0n) is 21.1.